The smallest absolute Gasteiger partial charge is 0.130 e. The van der Waals surface area contributed by atoms with E-state index in [1.807, 2.05) is 6.92 Å². The van der Waals surface area contributed by atoms with E-state index in [2.05, 4.69) is 12.0 Å². The number of allylic oxidation sites excluding steroid dienone is 1. The molecule has 1 aromatic carbocycles. The van der Waals surface area contributed by atoms with E-state index in [9.17, 15) is 8.78 Å². The van der Waals surface area contributed by atoms with Gasteiger partial charge in [0.15, 0.2) is 0 Å². The van der Waals surface area contributed by atoms with Crippen molar-refractivity contribution in [3.05, 3.63) is 47.5 Å². The monoisotopic (exact) mass is 226 g/mol. The predicted molar refractivity (Wildman–Crippen MR) is 60.5 cm³/mol. The third kappa shape index (κ3) is 3.40. The second-order valence-corrected chi connectivity index (χ2v) is 3.88. The summed E-state index contributed by atoms with van der Waals surface area (Å²) in [6.45, 7) is 5.67. The first-order valence-electron chi connectivity index (χ1n) is 5.10. The summed E-state index contributed by atoms with van der Waals surface area (Å²) < 4.78 is 26.2. The molecule has 0 bridgehead atoms. The van der Waals surface area contributed by atoms with E-state index < -0.39 is 11.6 Å². The molecule has 3 N–H and O–H groups in total. The summed E-state index contributed by atoms with van der Waals surface area (Å²) in [6, 6.07) is 3.18. The zero-order valence-corrected chi connectivity index (χ0v) is 9.26. The number of nitrogens with one attached hydrogen (secondary N) is 1. The van der Waals surface area contributed by atoms with Crippen LogP contribution in [0.3, 0.4) is 0 Å². The van der Waals surface area contributed by atoms with Gasteiger partial charge < -0.3 is 0 Å². The molecule has 0 fully saturated rings. The zero-order valence-electron chi connectivity index (χ0n) is 9.26. The van der Waals surface area contributed by atoms with E-state index in [0.29, 0.717) is 12.0 Å². The van der Waals surface area contributed by atoms with Crippen LogP contribution in [0.1, 0.15) is 31.4 Å². The molecule has 1 unspecified atom stereocenters. The van der Waals surface area contributed by atoms with Gasteiger partial charge in [0.05, 0.1) is 0 Å². The van der Waals surface area contributed by atoms with E-state index in [0.717, 1.165) is 18.1 Å². The van der Waals surface area contributed by atoms with Crippen LogP contribution >= 0.6 is 0 Å². The van der Waals surface area contributed by atoms with Gasteiger partial charge in [-0.2, -0.15) is 0 Å². The molecule has 0 spiro atoms. The SMILES string of the molecule is C=C(C)CCC(NN)c1ccc(F)cc1F. The second kappa shape index (κ2) is 5.72. The molecule has 0 aromatic heterocycles. The van der Waals surface area contributed by atoms with Gasteiger partial charge in [-0.1, -0.05) is 11.6 Å². The minimum absolute atomic E-state index is 0.322. The lowest BCUT2D eigenvalue weighted by molar-refractivity contribution is 0.480. The van der Waals surface area contributed by atoms with Gasteiger partial charge in [0.1, 0.15) is 11.6 Å². The van der Waals surface area contributed by atoms with E-state index in [1.165, 1.54) is 12.1 Å². The average Bonchev–Trinajstić information content (AvgIpc) is 2.21. The lowest BCUT2D eigenvalue weighted by Gasteiger charge is -2.17. The van der Waals surface area contributed by atoms with Crippen molar-refractivity contribution in [1.82, 2.24) is 5.43 Å². The molecule has 4 heteroatoms. The molecule has 0 saturated heterocycles. The molecule has 16 heavy (non-hydrogen) atoms. The molecule has 2 nitrogen and oxygen atoms in total. The van der Waals surface area contributed by atoms with Crippen molar-refractivity contribution in [1.29, 1.82) is 0 Å². The molecule has 88 valence electrons. The summed E-state index contributed by atoms with van der Waals surface area (Å²) in [5.41, 5.74) is 3.91. The fraction of sp³-hybridized carbons (Fsp3) is 0.333. The first-order chi connectivity index (χ1) is 7.54. The van der Waals surface area contributed by atoms with Crippen molar-refractivity contribution in [2.75, 3.05) is 0 Å². The van der Waals surface area contributed by atoms with Crippen molar-refractivity contribution in [2.45, 2.75) is 25.8 Å². The molecule has 0 amide bonds. The zero-order chi connectivity index (χ0) is 12.1. The van der Waals surface area contributed by atoms with Gasteiger partial charge in [-0.05, 0) is 25.8 Å². The first kappa shape index (κ1) is 12.8. The lowest BCUT2D eigenvalue weighted by Crippen LogP contribution is -2.28. The second-order valence-electron chi connectivity index (χ2n) is 3.88. The van der Waals surface area contributed by atoms with E-state index in [4.69, 9.17) is 5.84 Å². The largest absolute Gasteiger partial charge is 0.271 e. The van der Waals surface area contributed by atoms with E-state index in [1.54, 1.807) is 0 Å². The third-order valence-electron chi connectivity index (χ3n) is 2.40. The third-order valence-corrected chi connectivity index (χ3v) is 2.40. The van der Waals surface area contributed by atoms with Crippen molar-refractivity contribution < 1.29 is 8.78 Å². The highest BCUT2D eigenvalue weighted by atomic mass is 19.1. The fourth-order valence-electron chi connectivity index (χ4n) is 1.50. The lowest BCUT2D eigenvalue weighted by atomic mass is 10.00. The van der Waals surface area contributed by atoms with Gasteiger partial charge in [-0.15, -0.1) is 6.58 Å². The van der Waals surface area contributed by atoms with Crippen LogP contribution in [0.5, 0.6) is 0 Å². The minimum Gasteiger partial charge on any atom is -0.271 e. The van der Waals surface area contributed by atoms with Gasteiger partial charge in [-0.25, -0.2) is 8.78 Å². The van der Waals surface area contributed by atoms with Crippen LogP contribution in [0.15, 0.2) is 30.4 Å². The van der Waals surface area contributed by atoms with Crippen LogP contribution in [0.2, 0.25) is 0 Å². The van der Waals surface area contributed by atoms with Crippen LogP contribution in [0.4, 0.5) is 8.78 Å². The Morgan fingerprint density at radius 3 is 2.69 bits per heavy atom. The summed E-state index contributed by atoms with van der Waals surface area (Å²) in [5, 5.41) is 0. The number of halogens is 2. The molecule has 0 aliphatic carbocycles. The first-order valence-corrected chi connectivity index (χ1v) is 5.10. The predicted octanol–water partition coefficient (Wildman–Crippen LogP) is 2.83. The van der Waals surface area contributed by atoms with Crippen LogP contribution in [0.25, 0.3) is 0 Å². The Hall–Kier alpha value is -1.26. The molecule has 0 radical (unpaired) electrons. The Labute approximate surface area is 94.1 Å². The Kier molecular flexibility index (Phi) is 4.58. The summed E-state index contributed by atoms with van der Waals surface area (Å²) >= 11 is 0. The highest BCUT2D eigenvalue weighted by molar-refractivity contribution is 5.22. The maximum atomic E-state index is 13.5. The number of hydrogen-bond donors (Lipinski definition) is 2. The quantitative estimate of drug-likeness (QED) is 0.460. The van der Waals surface area contributed by atoms with E-state index in [-0.39, 0.29) is 6.04 Å². The standard InChI is InChI=1S/C12H16F2N2/c1-8(2)3-6-12(16-15)10-5-4-9(13)7-11(10)14/h4-5,7,12,16H,1,3,6,15H2,2H3. The molecular formula is C12H16F2N2. The van der Waals surface area contributed by atoms with Crippen LogP contribution in [0, 0.1) is 11.6 Å². The highest BCUT2D eigenvalue weighted by Crippen LogP contribution is 2.22. The van der Waals surface area contributed by atoms with Crippen LogP contribution < -0.4 is 11.3 Å². The molecule has 0 aliphatic rings. The Bertz CT molecular complexity index is 377. The van der Waals surface area contributed by atoms with Gasteiger partial charge in [-0.3, -0.25) is 11.3 Å². The van der Waals surface area contributed by atoms with Gasteiger partial charge >= 0.3 is 0 Å². The van der Waals surface area contributed by atoms with Crippen molar-refractivity contribution in [2.24, 2.45) is 5.84 Å². The topological polar surface area (TPSA) is 38.0 Å². The number of nitrogens with two attached hydrogens (primary N) is 1. The molecule has 1 rings (SSSR count). The van der Waals surface area contributed by atoms with Gasteiger partial charge in [0.2, 0.25) is 0 Å². The number of hydrazine groups is 1. The molecule has 1 atom stereocenters. The Morgan fingerprint density at radius 1 is 1.50 bits per heavy atom. The molecular weight excluding hydrogens is 210 g/mol. The molecule has 0 saturated carbocycles. The van der Waals surface area contributed by atoms with Crippen molar-refractivity contribution in [3.8, 4) is 0 Å². The minimum atomic E-state index is -0.586. The number of rotatable bonds is 5. The van der Waals surface area contributed by atoms with Crippen LogP contribution in [-0.2, 0) is 0 Å². The Balaban J connectivity index is 2.82. The van der Waals surface area contributed by atoms with E-state index >= 15 is 0 Å². The fourth-order valence-corrected chi connectivity index (χ4v) is 1.50. The maximum absolute atomic E-state index is 13.5. The Morgan fingerprint density at radius 2 is 2.19 bits per heavy atom. The van der Waals surface area contributed by atoms with Crippen LogP contribution in [-0.4, -0.2) is 0 Å². The molecule has 0 heterocycles. The summed E-state index contributed by atoms with van der Waals surface area (Å²) in [5.74, 6) is 4.19. The van der Waals surface area contributed by atoms with Crippen molar-refractivity contribution in [3.63, 3.8) is 0 Å². The summed E-state index contributed by atoms with van der Waals surface area (Å²) in [4.78, 5) is 0. The summed E-state index contributed by atoms with van der Waals surface area (Å²) in [7, 11) is 0. The summed E-state index contributed by atoms with van der Waals surface area (Å²) in [6.07, 6.45) is 1.38. The molecule has 1 aromatic rings. The maximum Gasteiger partial charge on any atom is 0.130 e. The number of hydrogen-bond acceptors (Lipinski definition) is 2. The average molecular weight is 226 g/mol. The van der Waals surface area contributed by atoms with Crippen molar-refractivity contribution >= 4 is 0 Å². The van der Waals surface area contributed by atoms with Gasteiger partial charge in [0.25, 0.3) is 0 Å². The van der Waals surface area contributed by atoms with Gasteiger partial charge in [0, 0.05) is 17.7 Å². The number of benzene rings is 1. The normalized spacial score (nSPS) is 12.5. The molecule has 0 aliphatic heterocycles. The highest BCUT2D eigenvalue weighted by Gasteiger charge is 2.14.